The molecular weight excluding hydrogens is 231 g/mol. The molecule has 0 aromatic heterocycles. The van der Waals surface area contributed by atoms with Gasteiger partial charge in [0, 0.05) is 11.4 Å². The molecule has 0 bridgehead atoms. The molecule has 0 radical (unpaired) electrons. The maximum absolute atomic E-state index is 5.83. The molecule has 0 spiro atoms. The molecule has 1 aromatic rings. The van der Waals surface area contributed by atoms with Crippen molar-refractivity contribution in [2.24, 2.45) is 0 Å². The molecule has 0 amide bonds. The Labute approximate surface area is 101 Å². The highest BCUT2D eigenvalue weighted by atomic mass is 35.5. The van der Waals surface area contributed by atoms with Gasteiger partial charge in [0.05, 0.1) is 12.5 Å². The Morgan fingerprint density at radius 2 is 2.00 bits per heavy atom. The van der Waals surface area contributed by atoms with Gasteiger partial charge in [-0.15, -0.1) is 23.2 Å². The second kappa shape index (κ2) is 6.97. The van der Waals surface area contributed by atoms with E-state index in [9.17, 15) is 0 Å². The van der Waals surface area contributed by atoms with Crippen LogP contribution >= 0.6 is 23.2 Å². The quantitative estimate of drug-likeness (QED) is 0.536. The lowest BCUT2D eigenvalue weighted by Crippen LogP contribution is -1.99. The first-order valence-corrected chi connectivity index (χ1v) is 6.25. The minimum absolute atomic E-state index is 0.476. The van der Waals surface area contributed by atoms with Gasteiger partial charge in [-0.05, 0) is 18.1 Å². The van der Waals surface area contributed by atoms with Gasteiger partial charge in [-0.1, -0.05) is 25.5 Å². The van der Waals surface area contributed by atoms with Gasteiger partial charge in [-0.25, -0.2) is 0 Å². The Bertz CT molecular complexity index is 300. The van der Waals surface area contributed by atoms with Crippen molar-refractivity contribution in [3.63, 3.8) is 0 Å². The summed E-state index contributed by atoms with van der Waals surface area (Å²) in [6.07, 6.45) is 2.19. The lowest BCUT2D eigenvalue weighted by Gasteiger charge is -2.10. The van der Waals surface area contributed by atoms with Gasteiger partial charge >= 0.3 is 0 Å². The summed E-state index contributed by atoms with van der Waals surface area (Å²) in [5, 5.41) is 0. The van der Waals surface area contributed by atoms with E-state index in [1.165, 1.54) is 0 Å². The van der Waals surface area contributed by atoms with Gasteiger partial charge in [0.2, 0.25) is 0 Å². The highest BCUT2D eigenvalue weighted by molar-refractivity contribution is 6.17. The molecule has 1 nitrogen and oxygen atoms in total. The van der Waals surface area contributed by atoms with Gasteiger partial charge in [-0.3, -0.25) is 0 Å². The summed E-state index contributed by atoms with van der Waals surface area (Å²) in [5.41, 5.74) is 2.10. The maximum atomic E-state index is 5.83. The Morgan fingerprint density at radius 1 is 1.20 bits per heavy atom. The molecule has 0 aliphatic rings. The van der Waals surface area contributed by atoms with E-state index in [2.05, 4.69) is 6.92 Å². The Morgan fingerprint density at radius 3 is 2.60 bits per heavy atom. The minimum Gasteiger partial charge on any atom is -0.493 e. The highest BCUT2D eigenvalue weighted by Crippen LogP contribution is 2.23. The summed E-state index contributed by atoms with van der Waals surface area (Å²) in [6, 6.07) is 5.93. The molecule has 84 valence electrons. The van der Waals surface area contributed by atoms with E-state index < -0.39 is 0 Å². The standard InChI is InChI=1S/C12H16Cl2O/c1-2-3-6-15-12-7-10(8-13)4-5-11(12)9-14/h4-5,7H,2-3,6,8-9H2,1H3. The highest BCUT2D eigenvalue weighted by Gasteiger charge is 2.03. The first kappa shape index (κ1) is 12.7. The van der Waals surface area contributed by atoms with Gasteiger partial charge in [0.25, 0.3) is 0 Å². The monoisotopic (exact) mass is 246 g/mol. The van der Waals surface area contributed by atoms with Crippen LogP contribution in [0, 0.1) is 0 Å². The van der Waals surface area contributed by atoms with Crippen molar-refractivity contribution in [1.82, 2.24) is 0 Å². The first-order valence-electron chi connectivity index (χ1n) is 5.18. The van der Waals surface area contributed by atoms with Crippen molar-refractivity contribution in [3.8, 4) is 5.75 Å². The van der Waals surface area contributed by atoms with Crippen molar-refractivity contribution >= 4 is 23.2 Å². The number of hydrogen-bond donors (Lipinski definition) is 0. The van der Waals surface area contributed by atoms with Gasteiger partial charge in [-0.2, -0.15) is 0 Å². The Balaban J connectivity index is 2.72. The van der Waals surface area contributed by atoms with E-state index >= 15 is 0 Å². The first-order chi connectivity index (χ1) is 7.31. The summed E-state index contributed by atoms with van der Waals surface area (Å²) in [6.45, 7) is 2.88. The van der Waals surface area contributed by atoms with E-state index in [0.29, 0.717) is 11.8 Å². The van der Waals surface area contributed by atoms with E-state index in [4.69, 9.17) is 27.9 Å². The van der Waals surface area contributed by atoms with Crippen molar-refractivity contribution in [1.29, 1.82) is 0 Å². The van der Waals surface area contributed by atoms with Crippen molar-refractivity contribution in [2.75, 3.05) is 6.61 Å². The zero-order valence-electron chi connectivity index (χ0n) is 8.93. The third-order valence-electron chi connectivity index (χ3n) is 2.19. The number of halogens is 2. The van der Waals surface area contributed by atoms with Gasteiger partial charge < -0.3 is 4.74 Å². The van der Waals surface area contributed by atoms with Crippen LogP contribution in [-0.2, 0) is 11.8 Å². The van der Waals surface area contributed by atoms with Crippen LogP contribution in [0.3, 0.4) is 0 Å². The maximum Gasteiger partial charge on any atom is 0.124 e. The molecule has 0 aliphatic heterocycles. The van der Waals surface area contributed by atoms with E-state index in [1.807, 2.05) is 18.2 Å². The number of hydrogen-bond acceptors (Lipinski definition) is 1. The lowest BCUT2D eigenvalue weighted by molar-refractivity contribution is 0.307. The minimum atomic E-state index is 0.476. The molecule has 15 heavy (non-hydrogen) atoms. The molecule has 1 rings (SSSR count). The Hall–Kier alpha value is -0.400. The van der Waals surface area contributed by atoms with Crippen LogP contribution in [0.15, 0.2) is 18.2 Å². The molecule has 0 heterocycles. The SMILES string of the molecule is CCCCOc1cc(CCl)ccc1CCl. The second-order valence-corrected chi connectivity index (χ2v) is 3.95. The average Bonchev–Trinajstić information content (AvgIpc) is 2.29. The molecule has 0 unspecified atom stereocenters. The van der Waals surface area contributed by atoms with E-state index in [1.54, 1.807) is 0 Å². The number of ether oxygens (including phenoxy) is 1. The zero-order chi connectivity index (χ0) is 11.1. The van der Waals surface area contributed by atoms with Crippen LogP contribution in [0.5, 0.6) is 5.75 Å². The molecular formula is C12H16Cl2O. The third kappa shape index (κ3) is 3.92. The van der Waals surface area contributed by atoms with Crippen LogP contribution in [0.25, 0.3) is 0 Å². The van der Waals surface area contributed by atoms with Crippen LogP contribution in [0.1, 0.15) is 30.9 Å². The third-order valence-corrected chi connectivity index (χ3v) is 2.78. The number of alkyl halides is 2. The summed E-state index contributed by atoms with van der Waals surface area (Å²) in [5.74, 6) is 1.85. The molecule has 1 aromatic carbocycles. The average molecular weight is 247 g/mol. The van der Waals surface area contributed by atoms with Crippen molar-refractivity contribution in [3.05, 3.63) is 29.3 Å². The largest absolute Gasteiger partial charge is 0.493 e. The molecule has 0 saturated heterocycles. The smallest absolute Gasteiger partial charge is 0.124 e. The molecule has 0 N–H and O–H groups in total. The number of unbranched alkanes of at least 4 members (excludes halogenated alkanes) is 1. The summed E-state index contributed by atoms with van der Waals surface area (Å²) < 4.78 is 5.67. The van der Waals surface area contributed by atoms with Crippen LogP contribution in [-0.4, -0.2) is 6.61 Å². The van der Waals surface area contributed by atoms with Gasteiger partial charge in [0.15, 0.2) is 0 Å². The summed E-state index contributed by atoms with van der Waals surface area (Å²) in [7, 11) is 0. The van der Waals surface area contributed by atoms with E-state index in [0.717, 1.165) is 36.3 Å². The lowest BCUT2D eigenvalue weighted by atomic mass is 10.1. The fourth-order valence-electron chi connectivity index (χ4n) is 1.25. The Kier molecular flexibility index (Phi) is 5.89. The second-order valence-electron chi connectivity index (χ2n) is 3.41. The fraction of sp³-hybridized carbons (Fsp3) is 0.500. The molecule has 0 saturated carbocycles. The number of rotatable bonds is 6. The van der Waals surface area contributed by atoms with Crippen LogP contribution in [0.4, 0.5) is 0 Å². The predicted molar refractivity (Wildman–Crippen MR) is 66.0 cm³/mol. The van der Waals surface area contributed by atoms with Gasteiger partial charge in [0.1, 0.15) is 5.75 Å². The summed E-state index contributed by atoms with van der Waals surface area (Å²) >= 11 is 11.6. The van der Waals surface area contributed by atoms with Crippen LogP contribution in [0.2, 0.25) is 0 Å². The fourth-order valence-corrected chi connectivity index (χ4v) is 1.64. The number of benzene rings is 1. The molecule has 3 heteroatoms. The molecule has 0 aliphatic carbocycles. The van der Waals surface area contributed by atoms with E-state index in [-0.39, 0.29) is 0 Å². The zero-order valence-corrected chi connectivity index (χ0v) is 10.4. The summed E-state index contributed by atoms with van der Waals surface area (Å²) in [4.78, 5) is 0. The molecule has 0 atom stereocenters. The van der Waals surface area contributed by atoms with Crippen molar-refractivity contribution < 1.29 is 4.74 Å². The molecule has 0 fully saturated rings. The predicted octanol–water partition coefficient (Wildman–Crippen LogP) is 4.34. The normalized spacial score (nSPS) is 10.3. The topological polar surface area (TPSA) is 9.23 Å². The van der Waals surface area contributed by atoms with Crippen molar-refractivity contribution in [2.45, 2.75) is 31.5 Å². The van der Waals surface area contributed by atoms with Crippen LogP contribution < -0.4 is 4.74 Å².